The largest absolute Gasteiger partial charge is 0.316 e. The van der Waals surface area contributed by atoms with Crippen molar-refractivity contribution in [2.24, 2.45) is 24.3 Å². The van der Waals surface area contributed by atoms with Gasteiger partial charge in [0.15, 0.2) is 0 Å². The van der Waals surface area contributed by atoms with Gasteiger partial charge in [-0.05, 0) is 68.4 Å². The maximum atomic E-state index is 4.28. The highest BCUT2D eigenvalue weighted by atomic mass is 15.2. The molecule has 0 radical (unpaired) electrons. The Kier molecular flexibility index (Phi) is 3.66. The molecule has 0 aromatic carbocycles. The maximum Gasteiger partial charge on any atom is 0.0492 e. The summed E-state index contributed by atoms with van der Waals surface area (Å²) >= 11 is 0. The fourth-order valence-corrected chi connectivity index (χ4v) is 4.01. The van der Waals surface area contributed by atoms with E-state index in [4.69, 9.17) is 0 Å². The highest BCUT2D eigenvalue weighted by Crippen LogP contribution is 2.61. The molecule has 0 aliphatic heterocycles. The summed E-state index contributed by atoms with van der Waals surface area (Å²) in [7, 11) is 2.06. The standard InChI is InChI=1S/C16H27N3/c1-3-7-17-12-16(10-13-9-14(13)11-16)6-4-15-5-8-18-19(15)2/h5,8,13-14,17H,3-4,6-7,9-12H2,1-2H3. The van der Waals surface area contributed by atoms with E-state index in [1.165, 1.54) is 57.3 Å². The Morgan fingerprint density at radius 3 is 2.84 bits per heavy atom. The van der Waals surface area contributed by atoms with Crippen LogP contribution in [-0.2, 0) is 13.5 Å². The Bertz CT molecular complexity index is 413. The summed E-state index contributed by atoms with van der Waals surface area (Å²) in [5.41, 5.74) is 1.96. The predicted molar refractivity (Wildman–Crippen MR) is 78.0 cm³/mol. The topological polar surface area (TPSA) is 29.9 Å². The zero-order valence-electron chi connectivity index (χ0n) is 12.4. The van der Waals surface area contributed by atoms with Crippen molar-refractivity contribution < 1.29 is 0 Å². The molecule has 0 amide bonds. The summed E-state index contributed by atoms with van der Waals surface area (Å²) in [4.78, 5) is 0. The fraction of sp³-hybridized carbons (Fsp3) is 0.812. The number of hydrogen-bond donors (Lipinski definition) is 1. The molecule has 1 heterocycles. The van der Waals surface area contributed by atoms with Crippen molar-refractivity contribution in [2.45, 2.75) is 45.4 Å². The average Bonchev–Trinajstić information content (AvgIpc) is 2.83. The van der Waals surface area contributed by atoms with Crippen LogP contribution in [0, 0.1) is 17.3 Å². The zero-order valence-corrected chi connectivity index (χ0v) is 12.4. The molecule has 1 aromatic rings. The number of aromatic nitrogens is 2. The molecule has 2 unspecified atom stereocenters. The fourth-order valence-electron chi connectivity index (χ4n) is 4.01. The Hall–Kier alpha value is -0.830. The Labute approximate surface area is 116 Å². The van der Waals surface area contributed by atoms with Gasteiger partial charge in [-0.25, -0.2) is 0 Å². The first-order valence-corrected chi connectivity index (χ1v) is 7.90. The number of rotatable bonds is 7. The lowest BCUT2D eigenvalue weighted by molar-refractivity contribution is 0.229. The average molecular weight is 261 g/mol. The van der Waals surface area contributed by atoms with Crippen LogP contribution in [0.25, 0.3) is 0 Å². The summed E-state index contributed by atoms with van der Waals surface area (Å²) in [6.07, 6.45) is 10.1. The molecule has 106 valence electrons. The molecule has 2 atom stereocenters. The molecule has 0 spiro atoms. The van der Waals surface area contributed by atoms with Gasteiger partial charge in [0.25, 0.3) is 0 Å². The number of nitrogens with zero attached hydrogens (tertiary/aromatic N) is 2. The third-order valence-electron chi connectivity index (χ3n) is 5.22. The van der Waals surface area contributed by atoms with Crippen molar-refractivity contribution in [3.05, 3.63) is 18.0 Å². The van der Waals surface area contributed by atoms with Gasteiger partial charge in [0.05, 0.1) is 0 Å². The molecule has 3 rings (SSSR count). The van der Waals surface area contributed by atoms with Crippen LogP contribution < -0.4 is 5.32 Å². The van der Waals surface area contributed by atoms with Gasteiger partial charge in [-0.3, -0.25) is 4.68 Å². The summed E-state index contributed by atoms with van der Waals surface area (Å²) < 4.78 is 2.03. The molecule has 3 heteroatoms. The first-order valence-electron chi connectivity index (χ1n) is 7.90. The van der Waals surface area contributed by atoms with Crippen LogP contribution in [0.2, 0.25) is 0 Å². The molecule has 1 aromatic heterocycles. The van der Waals surface area contributed by atoms with Crippen LogP contribution in [0.4, 0.5) is 0 Å². The van der Waals surface area contributed by atoms with Gasteiger partial charge in [0.1, 0.15) is 0 Å². The van der Waals surface area contributed by atoms with Gasteiger partial charge in [-0.2, -0.15) is 5.10 Å². The van der Waals surface area contributed by atoms with Crippen LogP contribution in [0.3, 0.4) is 0 Å². The van der Waals surface area contributed by atoms with Gasteiger partial charge >= 0.3 is 0 Å². The number of fused-ring (bicyclic) bond motifs is 1. The van der Waals surface area contributed by atoms with Crippen LogP contribution in [-0.4, -0.2) is 22.9 Å². The van der Waals surface area contributed by atoms with Crippen LogP contribution >= 0.6 is 0 Å². The van der Waals surface area contributed by atoms with E-state index in [-0.39, 0.29) is 0 Å². The van der Waals surface area contributed by atoms with Gasteiger partial charge < -0.3 is 5.32 Å². The van der Waals surface area contributed by atoms with E-state index in [2.05, 4.69) is 30.5 Å². The lowest BCUT2D eigenvalue weighted by Gasteiger charge is -2.31. The van der Waals surface area contributed by atoms with E-state index in [1.54, 1.807) is 0 Å². The van der Waals surface area contributed by atoms with Gasteiger partial charge in [0.2, 0.25) is 0 Å². The predicted octanol–water partition coefficient (Wildman–Crippen LogP) is 2.77. The van der Waals surface area contributed by atoms with Crippen molar-refractivity contribution in [1.29, 1.82) is 0 Å². The molecular weight excluding hydrogens is 234 g/mol. The third-order valence-corrected chi connectivity index (χ3v) is 5.22. The third kappa shape index (κ3) is 2.86. The second-order valence-corrected chi connectivity index (χ2v) is 6.79. The lowest BCUT2D eigenvalue weighted by atomic mass is 9.78. The van der Waals surface area contributed by atoms with Crippen LogP contribution in [0.1, 0.15) is 44.7 Å². The van der Waals surface area contributed by atoms with Crippen LogP contribution in [0.5, 0.6) is 0 Å². The van der Waals surface area contributed by atoms with Crippen LogP contribution in [0.15, 0.2) is 12.3 Å². The first kappa shape index (κ1) is 13.2. The summed E-state index contributed by atoms with van der Waals surface area (Å²) in [6, 6.07) is 2.17. The second kappa shape index (κ2) is 5.28. The zero-order chi connectivity index (χ0) is 13.3. The van der Waals surface area contributed by atoms with Gasteiger partial charge in [0, 0.05) is 25.5 Å². The molecule has 2 fully saturated rings. The molecule has 0 bridgehead atoms. The minimum Gasteiger partial charge on any atom is -0.316 e. The molecule has 0 saturated heterocycles. The van der Waals surface area contributed by atoms with E-state index in [9.17, 15) is 0 Å². The normalized spacial score (nSPS) is 32.5. The van der Waals surface area contributed by atoms with Crippen molar-refractivity contribution in [1.82, 2.24) is 15.1 Å². The highest BCUT2D eigenvalue weighted by Gasteiger charge is 2.52. The van der Waals surface area contributed by atoms with E-state index < -0.39 is 0 Å². The van der Waals surface area contributed by atoms with Gasteiger partial charge in [-0.1, -0.05) is 6.92 Å². The Morgan fingerprint density at radius 2 is 2.21 bits per heavy atom. The van der Waals surface area contributed by atoms with E-state index in [0.717, 1.165) is 11.8 Å². The minimum absolute atomic E-state index is 0.576. The van der Waals surface area contributed by atoms with Crippen molar-refractivity contribution in [3.63, 3.8) is 0 Å². The molecular formula is C16H27N3. The van der Waals surface area contributed by atoms with E-state index >= 15 is 0 Å². The Balaban J connectivity index is 1.58. The van der Waals surface area contributed by atoms with Gasteiger partial charge in [-0.15, -0.1) is 0 Å². The number of nitrogens with one attached hydrogen (secondary N) is 1. The summed E-state index contributed by atoms with van der Waals surface area (Å²) in [5.74, 6) is 2.13. The molecule has 2 aliphatic rings. The van der Waals surface area contributed by atoms with Crippen molar-refractivity contribution >= 4 is 0 Å². The van der Waals surface area contributed by atoms with E-state index in [0.29, 0.717) is 5.41 Å². The Morgan fingerprint density at radius 1 is 1.42 bits per heavy atom. The molecule has 2 saturated carbocycles. The molecule has 2 aliphatic carbocycles. The maximum absolute atomic E-state index is 4.28. The van der Waals surface area contributed by atoms with E-state index in [1.807, 2.05) is 10.9 Å². The minimum atomic E-state index is 0.576. The quantitative estimate of drug-likeness (QED) is 0.765. The number of aryl methyl sites for hydroxylation is 2. The monoisotopic (exact) mass is 261 g/mol. The van der Waals surface area contributed by atoms with Crippen molar-refractivity contribution in [3.8, 4) is 0 Å². The summed E-state index contributed by atoms with van der Waals surface area (Å²) in [5, 5.41) is 7.97. The number of hydrogen-bond acceptors (Lipinski definition) is 2. The molecule has 3 nitrogen and oxygen atoms in total. The SMILES string of the molecule is CCCNCC1(CCc2ccnn2C)CC2CC2C1. The lowest BCUT2D eigenvalue weighted by Crippen LogP contribution is -2.34. The smallest absolute Gasteiger partial charge is 0.0492 e. The first-order chi connectivity index (χ1) is 9.22. The highest BCUT2D eigenvalue weighted by molar-refractivity contribution is 5.07. The molecule has 1 N–H and O–H groups in total. The summed E-state index contributed by atoms with van der Waals surface area (Å²) in [6.45, 7) is 4.65. The van der Waals surface area contributed by atoms with Crippen molar-refractivity contribution in [2.75, 3.05) is 13.1 Å². The second-order valence-electron chi connectivity index (χ2n) is 6.79. The molecule has 19 heavy (non-hydrogen) atoms.